The molecule has 2 rings (SSSR count). The topological polar surface area (TPSA) is 55.1 Å². The van der Waals surface area contributed by atoms with Crippen LogP contribution >= 0.6 is 15.9 Å². The SMILES string of the molecule is Cc1cccc(NC(=O)c2cccc(N)c2C)c1Br. The Morgan fingerprint density at radius 2 is 1.84 bits per heavy atom. The minimum Gasteiger partial charge on any atom is -0.398 e. The highest BCUT2D eigenvalue weighted by Crippen LogP contribution is 2.26. The Morgan fingerprint density at radius 1 is 1.16 bits per heavy atom. The zero-order valence-corrected chi connectivity index (χ0v) is 12.4. The van der Waals surface area contributed by atoms with Crippen LogP contribution in [0.5, 0.6) is 0 Å². The van der Waals surface area contributed by atoms with Gasteiger partial charge in [0.1, 0.15) is 0 Å². The number of halogens is 1. The average molecular weight is 319 g/mol. The number of nitrogen functional groups attached to an aromatic ring is 1. The summed E-state index contributed by atoms with van der Waals surface area (Å²) in [5.41, 5.74) is 9.65. The lowest BCUT2D eigenvalue weighted by Crippen LogP contribution is -2.14. The Bertz CT molecular complexity index is 638. The molecule has 0 fully saturated rings. The second-order valence-corrected chi connectivity index (χ2v) is 5.20. The Kier molecular flexibility index (Phi) is 3.90. The minimum atomic E-state index is -0.156. The lowest BCUT2D eigenvalue weighted by molar-refractivity contribution is 0.102. The molecule has 0 aliphatic carbocycles. The molecule has 0 radical (unpaired) electrons. The van der Waals surface area contributed by atoms with Crippen LogP contribution in [-0.4, -0.2) is 5.91 Å². The molecule has 0 unspecified atom stereocenters. The zero-order valence-electron chi connectivity index (χ0n) is 10.8. The lowest BCUT2D eigenvalue weighted by Gasteiger charge is -2.11. The van der Waals surface area contributed by atoms with Gasteiger partial charge in [-0.25, -0.2) is 0 Å². The van der Waals surface area contributed by atoms with Crippen molar-refractivity contribution in [3.05, 3.63) is 57.6 Å². The molecule has 19 heavy (non-hydrogen) atoms. The number of rotatable bonds is 2. The number of nitrogens with two attached hydrogens (primary N) is 1. The molecule has 2 aromatic rings. The van der Waals surface area contributed by atoms with Gasteiger partial charge < -0.3 is 11.1 Å². The smallest absolute Gasteiger partial charge is 0.256 e. The van der Waals surface area contributed by atoms with Crippen LogP contribution in [0.15, 0.2) is 40.9 Å². The molecule has 3 nitrogen and oxygen atoms in total. The van der Waals surface area contributed by atoms with Gasteiger partial charge in [-0.15, -0.1) is 0 Å². The van der Waals surface area contributed by atoms with Crippen LogP contribution in [0.25, 0.3) is 0 Å². The Morgan fingerprint density at radius 3 is 2.58 bits per heavy atom. The summed E-state index contributed by atoms with van der Waals surface area (Å²) in [5.74, 6) is -0.156. The van der Waals surface area contributed by atoms with Crippen LogP contribution in [0.4, 0.5) is 11.4 Å². The van der Waals surface area contributed by atoms with Crippen molar-refractivity contribution in [1.29, 1.82) is 0 Å². The monoisotopic (exact) mass is 318 g/mol. The quantitative estimate of drug-likeness (QED) is 0.825. The van der Waals surface area contributed by atoms with Gasteiger partial charge in [0.25, 0.3) is 5.91 Å². The van der Waals surface area contributed by atoms with E-state index in [0.717, 1.165) is 21.3 Å². The predicted octanol–water partition coefficient (Wildman–Crippen LogP) is 3.90. The maximum Gasteiger partial charge on any atom is 0.256 e. The summed E-state index contributed by atoms with van der Waals surface area (Å²) >= 11 is 3.47. The molecule has 0 aliphatic heterocycles. The molecule has 3 N–H and O–H groups in total. The maximum atomic E-state index is 12.3. The van der Waals surface area contributed by atoms with Gasteiger partial charge in [0.05, 0.1) is 5.69 Å². The fourth-order valence-corrected chi connectivity index (χ4v) is 2.20. The number of benzene rings is 2. The van der Waals surface area contributed by atoms with Gasteiger partial charge in [0, 0.05) is 15.7 Å². The second-order valence-electron chi connectivity index (χ2n) is 4.41. The molecular formula is C15H15BrN2O. The number of amides is 1. The summed E-state index contributed by atoms with van der Waals surface area (Å²) < 4.78 is 0.893. The molecule has 0 heterocycles. The van der Waals surface area contributed by atoms with Gasteiger partial charge in [0.2, 0.25) is 0 Å². The van der Waals surface area contributed by atoms with Crippen LogP contribution < -0.4 is 11.1 Å². The largest absolute Gasteiger partial charge is 0.398 e. The first-order valence-electron chi connectivity index (χ1n) is 5.92. The summed E-state index contributed by atoms with van der Waals surface area (Å²) in [6.07, 6.45) is 0. The van der Waals surface area contributed by atoms with Crippen molar-refractivity contribution in [3.8, 4) is 0 Å². The minimum absolute atomic E-state index is 0.156. The molecule has 2 aromatic carbocycles. The van der Waals surface area contributed by atoms with E-state index in [1.165, 1.54) is 0 Å². The summed E-state index contributed by atoms with van der Waals surface area (Å²) in [4.78, 5) is 12.3. The maximum absolute atomic E-state index is 12.3. The first-order valence-corrected chi connectivity index (χ1v) is 6.71. The molecule has 0 aromatic heterocycles. The van der Waals surface area contributed by atoms with E-state index in [4.69, 9.17) is 5.73 Å². The average Bonchev–Trinajstić information content (AvgIpc) is 2.38. The third-order valence-corrected chi connectivity index (χ3v) is 4.11. The van der Waals surface area contributed by atoms with Crippen LogP contribution in [0.3, 0.4) is 0 Å². The van der Waals surface area contributed by atoms with Crippen molar-refractivity contribution in [3.63, 3.8) is 0 Å². The third-order valence-electron chi connectivity index (χ3n) is 3.06. The molecule has 1 amide bonds. The van der Waals surface area contributed by atoms with Crippen LogP contribution in [0.1, 0.15) is 21.5 Å². The molecule has 0 atom stereocenters. The third kappa shape index (κ3) is 2.79. The molecule has 98 valence electrons. The Hall–Kier alpha value is -1.81. The van der Waals surface area contributed by atoms with Gasteiger partial charge in [-0.2, -0.15) is 0 Å². The van der Waals surface area contributed by atoms with E-state index in [9.17, 15) is 4.79 Å². The first-order chi connectivity index (χ1) is 9.00. The standard InChI is InChI=1S/C15H15BrN2O/c1-9-5-3-8-13(14(9)16)18-15(19)11-6-4-7-12(17)10(11)2/h3-8H,17H2,1-2H3,(H,18,19). The molecule has 0 bridgehead atoms. The van der Waals surface area contributed by atoms with Crippen LogP contribution in [-0.2, 0) is 0 Å². The van der Waals surface area contributed by atoms with Crippen molar-refractivity contribution < 1.29 is 4.79 Å². The highest BCUT2D eigenvalue weighted by Gasteiger charge is 2.12. The number of carbonyl (C=O) groups excluding carboxylic acids is 1. The van der Waals surface area contributed by atoms with E-state index in [0.29, 0.717) is 11.3 Å². The zero-order chi connectivity index (χ0) is 14.0. The second kappa shape index (κ2) is 5.45. The normalized spacial score (nSPS) is 10.3. The number of hydrogen-bond donors (Lipinski definition) is 2. The van der Waals surface area contributed by atoms with E-state index in [-0.39, 0.29) is 5.91 Å². The van der Waals surface area contributed by atoms with Crippen molar-refractivity contribution in [2.24, 2.45) is 0 Å². The molecule has 0 saturated carbocycles. The van der Waals surface area contributed by atoms with Crippen molar-refractivity contribution in [2.45, 2.75) is 13.8 Å². The number of hydrogen-bond acceptors (Lipinski definition) is 2. The number of nitrogens with one attached hydrogen (secondary N) is 1. The fraction of sp³-hybridized carbons (Fsp3) is 0.133. The van der Waals surface area contributed by atoms with Crippen molar-refractivity contribution in [2.75, 3.05) is 11.1 Å². The molecular weight excluding hydrogens is 304 g/mol. The summed E-state index contributed by atoms with van der Waals surface area (Å²) in [7, 11) is 0. The van der Waals surface area contributed by atoms with Gasteiger partial charge in [-0.05, 0) is 59.1 Å². The van der Waals surface area contributed by atoms with E-state index in [1.807, 2.05) is 32.0 Å². The van der Waals surface area contributed by atoms with Crippen LogP contribution in [0, 0.1) is 13.8 Å². The summed E-state index contributed by atoms with van der Waals surface area (Å²) in [6.45, 7) is 3.82. The molecule has 0 saturated heterocycles. The molecule has 4 heteroatoms. The molecule has 0 aliphatic rings. The fourth-order valence-electron chi connectivity index (χ4n) is 1.83. The van der Waals surface area contributed by atoms with Gasteiger partial charge in [0.15, 0.2) is 0 Å². The number of aryl methyl sites for hydroxylation is 1. The Labute approximate surface area is 121 Å². The van der Waals surface area contributed by atoms with Gasteiger partial charge >= 0.3 is 0 Å². The Balaban J connectivity index is 2.31. The van der Waals surface area contributed by atoms with E-state index < -0.39 is 0 Å². The number of anilines is 2. The van der Waals surface area contributed by atoms with E-state index in [2.05, 4.69) is 21.2 Å². The lowest BCUT2D eigenvalue weighted by atomic mass is 10.1. The van der Waals surface area contributed by atoms with E-state index in [1.54, 1.807) is 18.2 Å². The van der Waals surface area contributed by atoms with Crippen molar-refractivity contribution in [1.82, 2.24) is 0 Å². The number of carbonyl (C=O) groups is 1. The predicted molar refractivity (Wildman–Crippen MR) is 82.4 cm³/mol. The molecule has 0 spiro atoms. The summed E-state index contributed by atoms with van der Waals surface area (Å²) in [6, 6.07) is 11.1. The van der Waals surface area contributed by atoms with E-state index >= 15 is 0 Å². The van der Waals surface area contributed by atoms with Crippen LogP contribution in [0.2, 0.25) is 0 Å². The van der Waals surface area contributed by atoms with Gasteiger partial charge in [-0.1, -0.05) is 18.2 Å². The highest BCUT2D eigenvalue weighted by atomic mass is 79.9. The first kappa shape index (κ1) is 13.6. The van der Waals surface area contributed by atoms with Gasteiger partial charge in [-0.3, -0.25) is 4.79 Å². The van der Waals surface area contributed by atoms with Crippen molar-refractivity contribution >= 4 is 33.2 Å². The summed E-state index contributed by atoms with van der Waals surface area (Å²) in [5, 5.41) is 2.89. The highest BCUT2D eigenvalue weighted by molar-refractivity contribution is 9.10.